The minimum Gasteiger partial charge on any atom is -0.378 e. The third-order valence-corrected chi connectivity index (χ3v) is 5.59. The van der Waals surface area contributed by atoms with Gasteiger partial charge >= 0.3 is 0 Å². The van der Waals surface area contributed by atoms with E-state index in [2.05, 4.69) is 17.1 Å². The fourth-order valence-electron chi connectivity index (χ4n) is 3.07. The number of thiazole rings is 1. The average Bonchev–Trinajstić information content (AvgIpc) is 3.04. The second-order valence-corrected chi connectivity index (χ2v) is 7.41. The number of hydrogen-bond acceptors (Lipinski definition) is 5. The first-order valence-corrected chi connectivity index (χ1v) is 9.07. The van der Waals surface area contributed by atoms with E-state index < -0.39 is 0 Å². The quantitative estimate of drug-likeness (QED) is 0.800. The number of methoxy groups -OCH3 is 1. The van der Waals surface area contributed by atoms with Crippen molar-refractivity contribution < 1.29 is 4.74 Å². The van der Waals surface area contributed by atoms with Gasteiger partial charge in [0, 0.05) is 37.7 Å². The number of nitrogens with zero attached hydrogens (tertiary/aromatic N) is 2. The molecule has 1 saturated heterocycles. The van der Waals surface area contributed by atoms with Gasteiger partial charge in [0.05, 0.1) is 12.3 Å². The molecule has 0 spiro atoms. The zero-order chi connectivity index (χ0) is 14.7. The third-order valence-electron chi connectivity index (χ3n) is 4.43. The first kappa shape index (κ1) is 15.3. The molecule has 0 aromatic carbocycles. The van der Waals surface area contributed by atoms with E-state index in [0.29, 0.717) is 6.61 Å². The molecule has 2 heterocycles. The molecule has 1 aromatic rings. The zero-order valence-electron chi connectivity index (χ0n) is 13.2. The molecule has 1 atom stereocenters. The lowest BCUT2D eigenvalue weighted by molar-refractivity contribution is 0.181. The fraction of sp³-hybridized carbons (Fsp3) is 0.812. The van der Waals surface area contributed by atoms with E-state index in [9.17, 15) is 0 Å². The van der Waals surface area contributed by atoms with Crippen molar-refractivity contribution in [3.05, 3.63) is 10.6 Å². The molecule has 3 rings (SSSR count). The second-order valence-electron chi connectivity index (χ2n) is 6.34. The highest BCUT2D eigenvalue weighted by molar-refractivity contribution is 7.15. The van der Waals surface area contributed by atoms with Crippen LogP contribution in [-0.2, 0) is 17.9 Å². The minimum atomic E-state index is 0.629. The predicted octanol–water partition coefficient (Wildman–Crippen LogP) is 3.17. The summed E-state index contributed by atoms with van der Waals surface area (Å²) < 4.78 is 5.32. The van der Waals surface area contributed by atoms with E-state index in [1.165, 1.54) is 55.2 Å². The first-order chi connectivity index (χ1) is 10.3. The van der Waals surface area contributed by atoms with Crippen molar-refractivity contribution in [2.45, 2.75) is 58.2 Å². The Kier molecular flexibility index (Phi) is 5.14. The van der Waals surface area contributed by atoms with Crippen LogP contribution < -0.4 is 10.2 Å². The number of rotatable bonds is 8. The lowest BCUT2D eigenvalue weighted by Gasteiger charge is -2.14. The number of nitrogens with one attached hydrogen (secondary N) is 1. The Morgan fingerprint density at radius 3 is 2.95 bits per heavy atom. The Hall–Kier alpha value is -0.650. The number of anilines is 1. The highest BCUT2D eigenvalue weighted by Gasteiger charge is 2.26. The van der Waals surface area contributed by atoms with Gasteiger partial charge in [0.25, 0.3) is 0 Å². The summed E-state index contributed by atoms with van der Waals surface area (Å²) in [5.41, 5.74) is 1.13. The lowest BCUT2D eigenvalue weighted by atomic mass is 10.0. The Balaban J connectivity index is 1.65. The molecule has 1 aliphatic heterocycles. The van der Waals surface area contributed by atoms with Crippen LogP contribution in [0.4, 0.5) is 5.13 Å². The summed E-state index contributed by atoms with van der Waals surface area (Å²) in [4.78, 5) is 8.69. The van der Waals surface area contributed by atoms with Gasteiger partial charge in [-0.3, -0.25) is 0 Å². The van der Waals surface area contributed by atoms with Gasteiger partial charge in [-0.15, -0.1) is 11.3 Å². The smallest absolute Gasteiger partial charge is 0.185 e. The van der Waals surface area contributed by atoms with Gasteiger partial charge < -0.3 is 15.0 Å². The van der Waals surface area contributed by atoms with Crippen LogP contribution in [0.25, 0.3) is 0 Å². The molecule has 1 unspecified atom stereocenters. The van der Waals surface area contributed by atoms with Crippen LogP contribution in [0, 0.1) is 5.92 Å². The van der Waals surface area contributed by atoms with Crippen LogP contribution in [0.1, 0.15) is 49.6 Å². The fourth-order valence-corrected chi connectivity index (χ4v) is 4.12. The topological polar surface area (TPSA) is 37.4 Å². The summed E-state index contributed by atoms with van der Waals surface area (Å²) in [6, 6.07) is 0.742. The molecule has 4 nitrogen and oxygen atoms in total. The second kappa shape index (κ2) is 7.07. The van der Waals surface area contributed by atoms with Crippen LogP contribution in [-0.4, -0.2) is 31.2 Å². The molecule has 1 aliphatic carbocycles. The van der Waals surface area contributed by atoms with Crippen LogP contribution in [0.5, 0.6) is 0 Å². The molecule has 1 N–H and O–H groups in total. The van der Waals surface area contributed by atoms with E-state index in [1.807, 2.05) is 11.3 Å². The Labute approximate surface area is 131 Å². The summed E-state index contributed by atoms with van der Waals surface area (Å²) in [6.07, 6.45) is 6.62. The summed E-state index contributed by atoms with van der Waals surface area (Å²) in [6.45, 7) is 6.21. The SMILES string of the molecule is CCCC1CCN(c2nc(COC)c(CNC3CC3)s2)C1. The largest absolute Gasteiger partial charge is 0.378 e. The molecular weight excluding hydrogens is 282 g/mol. The minimum absolute atomic E-state index is 0.629. The van der Waals surface area contributed by atoms with Gasteiger partial charge in [0.1, 0.15) is 0 Å². The molecule has 21 heavy (non-hydrogen) atoms. The number of ether oxygens (including phenoxy) is 1. The Morgan fingerprint density at radius 2 is 2.24 bits per heavy atom. The highest BCUT2D eigenvalue weighted by atomic mass is 32.1. The maximum atomic E-state index is 5.32. The normalized spacial score (nSPS) is 22.2. The summed E-state index contributed by atoms with van der Waals surface area (Å²) >= 11 is 1.86. The van der Waals surface area contributed by atoms with Crippen molar-refractivity contribution in [1.29, 1.82) is 0 Å². The van der Waals surface area contributed by atoms with Gasteiger partial charge in [-0.1, -0.05) is 13.3 Å². The molecule has 1 aromatic heterocycles. The van der Waals surface area contributed by atoms with Crippen LogP contribution in [0.15, 0.2) is 0 Å². The predicted molar refractivity (Wildman–Crippen MR) is 87.9 cm³/mol. The summed E-state index contributed by atoms with van der Waals surface area (Å²) in [7, 11) is 1.75. The molecular formula is C16H27N3OS. The van der Waals surface area contributed by atoms with E-state index in [0.717, 1.165) is 24.2 Å². The van der Waals surface area contributed by atoms with Crippen molar-refractivity contribution in [2.75, 3.05) is 25.1 Å². The van der Waals surface area contributed by atoms with E-state index in [-0.39, 0.29) is 0 Å². The molecule has 2 fully saturated rings. The summed E-state index contributed by atoms with van der Waals surface area (Å²) in [5, 5.41) is 4.80. The van der Waals surface area contributed by atoms with E-state index >= 15 is 0 Å². The van der Waals surface area contributed by atoms with Gasteiger partial charge in [0.2, 0.25) is 0 Å². The van der Waals surface area contributed by atoms with Crippen molar-refractivity contribution in [1.82, 2.24) is 10.3 Å². The highest BCUT2D eigenvalue weighted by Crippen LogP contribution is 2.32. The van der Waals surface area contributed by atoms with Crippen LogP contribution in [0.2, 0.25) is 0 Å². The maximum Gasteiger partial charge on any atom is 0.185 e. The van der Waals surface area contributed by atoms with Crippen molar-refractivity contribution >= 4 is 16.5 Å². The first-order valence-electron chi connectivity index (χ1n) is 8.26. The molecule has 5 heteroatoms. The van der Waals surface area contributed by atoms with Crippen LogP contribution >= 0.6 is 11.3 Å². The molecule has 1 saturated carbocycles. The average molecular weight is 309 g/mol. The Bertz CT molecular complexity index is 458. The van der Waals surface area contributed by atoms with Crippen LogP contribution in [0.3, 0.4) is 0 Å². The third kappa shape index (κ3) is 3.96. The van der Waals surface area contributed by atoms with Gasteiger partial charge in [-0.25, -0.2) is 4.98 Å². The molecule has 0 amide bonds. The van der Waals surface area contributed by atoms with Crippen molar-refractivity contribution in [3.63, 3.8) is 0 Å². The van der Waals surface area contributed by atoms with Gasteiger partial charge in [-0.05, 0) is 31.6 Å². The van der Waals surface area contributed by atoms with Gasteiger partial charge in [-0.2, -0.15) is 0 Å². The molecule has 0 bridgehead atoms. The molecule has 118 valence electrons. The van der Waals surface area contributed by atoms with E-state index in [1.54, 1.807) is 7.11 Å². The summed E-state index contributed by atoms with van der Waals surface area (Å²) in [5.74, 6) is 0.859. The molecule has 0 radical (unpaired) electrons. The number of aromatic nitrogens is 1. The van der Waals surface area contributed by atoms with Crippen molar-refractivity contribution in [3.8, 4) is 0 Å². The number of hydrogen-bond donors (Lipinski definition) is 1. The Morgan fingerprint density at radius 1 is 1.38 bits per heavy atom. The molecule has 2 aliphatic rings. The monoisotopic (exact) mass is 309 g/mol. The lowest BCUT2D eigenvalue weighted by Crippen LogP contribution is -2.19. The van der Waals surface area contributed by atoms with E-state index in [4.69, 9.17) is 9.72 Å². The van der Waals surface area contributed by atoms with Crippen molar-refractivity contribution in [2.24, 2.45) is 5.92 Å². The zero-order valence-corrected chi connectivity index (χ0v) is 14.0. The van der Waals surface area contributed by atoms with Gasteiger partial charge in [0.15, 0.2) is 5.13 Å². The standard InChI is InChI=1S/C16H27N3OS/c1-3-4-12-7-8-19(10-12)16-18-14(11-20-2)15(21-16)9-17-13-5-6-13/h12-13,17H,3-11H2,1-2H3. The maximum absolute atomic E-state index is 5.32.